The first kappa shape index (κ1) is 11.0. The van der Waals surface area contributed by atoms with Crippen LogP contribution in [0.2, 0.25) is 5.02 Å². The summed E-state index contributed by atoms with van der Waals surface area (Å²) in [6.45, 7) is 0. The van der Waals surface area contributed by atoms with E-state index in [1.54, 1.807) is 20.3 Å². The normalized spacial score (nSPS) is 9.79. The number of anilines is 1. The molecule has 4 heteroatoms. The predicted molar refractivity (Wildman–Crippen MR) is 58.9 cm³/mol. The maximum Gasteiger partial charge on any atom is 0.145 e. The van der Waals surface area contributed by atoms with Crippen LogP contribution in [0.3, 0.4) is 0 Å². The van der Waals surface area contributed by atoms with Crippen molar-refractivity contribution in [2.75, 3.05) is 33.2 Å². The van der Waals surface area contributed by atoms with Crippen molar-refractivity contribution >= 4 is 17.3 Å². The van der Waals surface area contributed by atoms with Gasteiger partial charge < -0.3 is 14.4 Å². The van der Waals surface area contributed by atoms with Crippen molar-refractivity contribution in [3.8, 4) is 11.5 Å². The third-order valence-corrected chi connectivity index (χ3v) is 2.23. The van der Waals surface area contributed by atoms with Gasteiger partial charge in [-0.2, -0.15) is 0 Å². The van der Waals surface area contributed by atoms with Crippen LogP contribution in [-0.2, 0) is 0 Å². The second kappa shape index (κ2) is 4.42. The van der Waals surface area contributed by atoms with Gasteiger partial charge in [-0.25, -0.2) is 0 Å². The lowest BCUT2D eigenvalue weighted by molar-refractivity contribution is 0.395. The summed E-state index contributed by atoms with van der Waals surface area (Å²) in [5, 5.41) is 0.581. The number of rotatable bonds is 3. The van der Waals surface area contributed by atoms with E-state index in [0.717, 1.165) is 11.4 Å². The molecule has 3 nitrogen and oxygen atoms in total. The molecule has 0 atom stereocenters. The molecule has 0 fully saturated rings. The summed E-state index contributed by atoms with van der Waals surface area (Å²) in [5.41, 5.74) is 0.929. The molecule has 0 aliphatic carbocycles. The number of nitrogens with zero attached hydrogens (tertiary/aromatic N) is 1. The van der Waals surface area contributed by atoms with Crippen molar-refractivity contribution in [2.24, 2.45) is 0 Å². The Hall–Kier alpha value is -1.09. The van der Waals surface area contributed by atoms with Gasteiger partial charge in [-0.1, -0.05) is 11.6 Å². The number of halogens is 1. The van der Waals surface area contributed by atoms with E-state index in [1.807, 2.05) is 25.1 Å². The van der Waals surface area contributed by atoms with Crippen LogP contribution in [-0.4, -0.2) is 28.3 Å². The summed E-state index contributed by atoms with van der Waals surface area (Å²) in [7, 11) is 7.06. The summed E-state index contributed by atoms with van der Waals surface area (Å²) in [4.78, 5) is 1.93. The van der Waals surface area contributed by atoms with Crippen molar-refractivity contribution < 1.29 is 9.47 Å². The fraction of sp³-hybridized carbons (Fsp3) is 0.400. The smallest absolute Gasteiger partial charge is 0.145 e. The second-order valence-electron chi connectivity index (χ2n) is 3.05. The highest BCUT2D eigenvalue weighted by molar-refractivity contribution is 6.32. The number of hydrogen-bond donors (Lipinski definition) is 0. The average molecular weight is 216 g/mol. The average Bonchev–Trinajstić information content (AvgIpc) is 2.17. The van der Waals surface area contributed by atoms with Gasteiger partial charge in [0.2, 0.25) is 0 Å². The molecule has 0 heterocycles. The summed E-state index contributed by atoms with van der Waals surface area (Å²) in [6.07, 6.45) is 0. The third-order valence-electron chi connectivity index (χ3n) is 1.94. The van der Waals surface area contributed by atoms with Crippen LogP contribution < -0.4 is 14.4 Å². The lowest BCUT2D eigenvalue weighted by atomic mass is 10.2. The first-order valence-corrected chi connectivity index (χ1v) is 4.56. The molecular weight excluding hydrogens is 202 g/mol. The topological polar surface area (TPSA) is 21.7 Å². The molecule has 1 aromatic rings. The first-order valence-electron chi connectivity index (χ1n) is 4.19. The Kier molecular flexibility index (Phi) is 3.47. The van der Waals surface area contributed by atoms with Crippen LogP contribution in [0.25, 0.3) is 0 Å². The maximum atomic E-state index is 6.00. The standard InChI is InChI=1S/C10H14ClNO2/c1-12(2)8-5-7(11)9(13-3)6-10(8)14-4/h5-6H,1-4H3. The van der Waals surface area contributed by atoms with Gasteiger partial charge in [-0.05, 0) is 6.07 Å². The SMILES string of the molecule is COc1cc(OC)c(N(C)C)cc1Cl. The van der Waals surface area contributed by atoms with Crippen LogP contribution in [0.1, 0.15) is 0 Å². The molecule has 0 unspecified atom stereocenters. The molecule has 0 spiro atoms. The van der Waals surface area contributed by atoms with E-state index in [1.165, 1.54) is 0 Å². The zero-order chi connectivity index (χ0) is 10.7. The van der Waals surface area contributed by atoms with Gasteiger partial charge in [0.15, 0.2) is 0 Å². The van der Waals surface area contributed by atoms with Gasteiger partial charge in [0.25, 0.3) is 0 Å². The van der Waals surface area contributed by atoms with E-state index in [-0.39, 0.29) is 0 Å². The summed E-state index contributed by atoms with van der Waals surface area (Å²) in [6, 6.07) is 3.59. The monoisotopic (exact) mass is 215 g/mol. The highest BCUT2D eigenvalue weighted by Gasteiger charge is 2.10. The van der Waals surface area contributed by atoms with Gasteiger partial charge in [0.05, 0.1) is 24.9 Å². The minimum Gasteiger partial charge on any atom is -0.495 e. The molecule has 0 bridgehead atoms. The molecule has 0 saturated heterocycles. The maximum absolute atomic E-state index is 6.00. The van der Waals surface area contributed by atoms with E-state index in [9.17, 15) is 0 Å². The number of ether oxygens (including phenoxy) is 2. The van der Waals surface area contributed by atoms with Crippen LogP contribution in [0, 0.1) is 0 Å². The Labute approximate surface area is 89.2 Å². The van der Waals surface area contributed by atoms with Crippen LogP contribution in [0.15, 0.2) is 12.1 Å². The largest absolute Gasteiger partial charge is 0.495 e. The Bertz CT molecular complexity index is 326. The van der Waals surface area contributed by atoms with Gasteiger partial charge in [0.1, 0.15) is 11.5 Å². The summed E-state index contributed by atoms with van der Waals surface area (Å²) in [5.74, 6) is 1.37. The molecular formula is C10H14ClNO2. The summed E-state index contributed by atoms with van der Waals surface area (Å²) >= 11 is 6.00. The van der Waals surface area contributed by atoms with Crippen molar-refractivity contribution in [1.82, 2.24) is 0 Å². The van der Waals surface area contributed by atoms with E-state index in [4.69, 9.17) is 21.1 Å². The molecule has 1 rings (SSSR count). The van der Waals surface area contributed by atoms with Gasteiger partial charge in [0, 0.05) is 20.2 Å². The molecule has 0 saturated carbocycles. The lowest BCUT2D eigenvalue weighted by Crippen LogP contribution is -2.10. The molecule has 1 aromatic carbocycles. The first-order chi connectivity index (χ1) is 6.60. The van der Waals surface area contributed by atoms with Gasteiger partial charge in [-0.3, -0.25) is 0 Å². The van der Waals surface area contributed by atoms with Crippen LogP contribution >= 0.6 is 11.6 Å². The quantitative estimate of drug-likeness (QED) is 0.773. The fourth-order valence-corrected chi connectivity index (χ4v) is 1.43. The predicted octanol–water partition coefficient (Wildman–Crippen LogP) is 2.42. The Balaban J connectivity index is 3.24. The van der Waals surface area contributed by atoms with Gasteiger partial charge in [-0.15, -0.1) is 0 Å². The minimum atomic E-state index is 0.581. The van der Waals surface area contributed by atoms with Crippen molar-refractivity contribution in [3.05, 3.63) is 17.2 Å². The highest BCUT2D eigenvalue weighted by atomic mass is 35.5. The molecule has 0 aliphatic rings. The van der Waals surface area contributed by atoms with Crippen molar-refractivity contribution in [1.29, 1.82) is 0 Å². The molecule has 0 aliphatic heterocycles. The Morgan fingerprint density at radius 2 is 1.64 bits per heavy atom. The number of hydrogen-bond acceptors (Lipinski definition) is 3. The van der Waals surface area contributed by atoms with Crippen LogP contribution in [0.4, 0.5) is 5.69 Å². The molecule has 14 heavy (non-hydrogen) atoms. The zero-order valence-corrected chi connectivity index (χ0v) is 9.55. The van der Waals surface area contributed by atoms with E-state index < -0.39 is 0 Å². The van der Waals surface area contributed by atoms with Crippen molar-refractivity contribution in [3.63, 3.8) is 0 Å². The Morgan fingerprint density at radius 3 is 2.07 bits per heavy atom. The fourth-order valence-electron chi connectivity index (χ4n) is 1.19. The van der Waals surface area contributed by atoms with E-state index in [2.05, 4.69) is 0 Å². The van der Waals surface area contributed by atoms with E-state index >= 15 is 0 Å². The number of methoxy groups -OCH3 is 2. The third kappa shape index (κ3) is 2.04. The molecule has 0 amide bonds. The molecule has 0 radical (unpaired) electrons. The Morgan fingerprint density at radius 1 is 1.07 bits per heavy atom. The van der Waals surface area contributed by atoms with E-state index in [0.29, 0.717) is 10.8 Å². The van der Waals surface area contributed by atoms with Gasteiger partial charge >= 0.3 is 0 Å². The highest BCUT2D eigenvalue weighted by Crippen LogP contribution is 2.36. The minimum absolute atomic E-state index is 0.581. The van der Waals surface area contributed by atoms with Crippen molar-refractivity contribution in [2.45, 2.75) is 0 Å². The molecule has 0 aromatic heterocycles. The molecule has 0 N–H and O–H groups in total. The number of benzene rings is 1. The molecule has 78 valence electrons. The second-order valence-corrected chi connectivity index (χ2v) is 3.46. The van der Waals surface area contributed by atoms with Crippen LogP contribution in [0.5, 0.6) is 11.5 Å². The lowest BCUT2D eigenvalue weighted by Gasteiger charge is -2.18. The summed E-state index contributed by atoms with van der Waals surface area (Å²) < 4.78 is 10.3. The zero-order valence-electron chi connectivity index (χ0n) is 8.80.